The molecule has 0 aliphatic carbocycles. The number of nitrogens with one attached hydrogen (secondary N) is 2. The van der Waals surface area contributed by atoms with Gasteiger partial charge in [0.25, 0.3) is 0 Å². The van der Waals surface area contributed by atoms with Crippen molar-refractivity contribution in [3.8, 4) is 0 Å². The van der Waals surface area contributed by atoms with E-state index in [-0.39, 0.29) is 36.7 Å². The summed E-state index contributed by atoms with van der Waals surface area (Å²) in [6, 6.07) is -0.623. The lowest BCUT2D eigenvalue weighted by Gasteiger charge is -2.27. The zero-order valence-electron chi connectivity index (χ0n) is 10.7. The molecule has 0 aromatic heterocycles. The predicted molar refractivity (Wildman–Crippen MR) is 65.4 cm³/mol. The summed E-state index contributed by atoms with van der Waals surface area (Å²) < 4.78 is 0. The van der Waals surface area contributed by atoms with Crippen LogP contribution in [0.3, 0.4) is 0 Å². The van der Waals surface area contributed by atoms with E-state index in [0.29, 0.717) is 13.1 Å². The Morgan fingerprint density at radius 1 is 1.50 bits per heavy atom. The molecule has 0 unspecified atom stereocenters. The Bertz CT molecular complexity index is 343. The summed E-state index contributed by atoms with van der Waals surface area (Å²) in [5.74, 6) is -0.783. The Morgan fingerprint density at radius 3 is 2.72 bits per heavy atom. The van der Waals surface area contributed by atoms with E-state index in [9.17, 15) is 14.4 Å². The van der Waals surface area contributed by atoms with Crippen molar-refractivity contribution < 1.29 is 14.4 Å². The van der Waals surface area contributed by atoms with Crippen LogP contribution in [0.2, 0.25) is 0 Å². The molecule has 0 spiro atoms. The van der Waals surface area contributed by atoms with Crippen molar-refractivity contribution in [1.29, 1.82) is 0 Å². The molecule has 0 saturated carbocycles. The zero-order chi connectivity index (χ0) is 13.7. The lowest BCUT2D eigenvalue weighted by Crippen LogP contribution is -2.53. The lowest BCUT2D eigenvalue weighted by atomic mass is 10.1. The molecule has 3 amide bonds. The van der Waals surface area contributed by atoms with Crippen LogP contribution < -0.4 is 16.4 Å². The third kappa shape index (κ3) is 3.99. The zero-order valence-corrected chi connectivity index (χ0v) is 10.7. The first kappa shape index (κ1) is 14.4. The lowest BCUT2D eigenvalue weighted by molar-refractivity contribution is -0.138. The molecule has 7 heteroatoms. The normalized spacial score (nSPS) is 17.3. The van der Waals surface area contributed by atoms with Crippen molar-refractivity contribution in [2.75, 3.05) is 26.2 Å². The fourth-order valence-corrected chi connectivity index (χ4v) is 1.55. The molecular formula is C11H20N4O3. The van der Waals surface area contributed by atoms with Gasteiger partial charge < -0.3 is 21.3 Å². The maximum absolute atomic E-state index is 11.7. The van der Waals surface area contributed by atoms with Crippen molar-refractivity contribution in [1.82, 2.24) is 15.5 Å². The van der Waals surface area contributed by atoms with Gasteiger partial charge in [-0.3, -0.25) is 14.4 Å². The van der Waals surface area contributed by atoms with Crippen LogP contribution in [-0.4, -0.2) is 54.8 Å². The maximum atomic E-state index is 11.7. The first-order valence-corrected chi connectivity index (χ1v) is 5.99. The number of nitrogens with zero attached hydrogens (tertiary/aromatic N) is 1. The Morgan fingerprint density at radius 2 is 2.17 bits per heavy atom. The summed E-state index contributed by atoms with van der Waals surface area (Å²) in [5, 5.41) is 5.11. The van der Waals surface area contributed by atoms with Gasteiger partial charge in [-0.1, -0.05) is 13.8 Å². The standard InChI is InChI=1S/C11H20N4O3/c1-7(2)10(12)11(18)14-5-9(17)15-4-3-13-8(16)6-15/h7,10H,3-6,12H2,1-2H3,(H,13,16)(H,14,18)/t10-/m0/s1. The Hall–Kier alpha value is -1.63. The number of amides is 3. The topological polar surface area (TPSA) is 105 Å². The molecule has 1 heterocycles. The molecule has 0 radical (unpaired) electrons. The number of hydrogen-bond acceptors (Lipinski definition) is 4. The van der Waals surface area contributed by atoms with Gasteiger partial charge in [0.05, 0.1) is 19.1 Å². The second-order valence-electron chi connectivity index (χ2n) is 4.65. The molecule has 0 aromatic rings. The van der Waals surface area contributed by atoms with Gasteiger partial charge in [0.2, 0.25) is 17.7 Å². The van der Waals surface area contributed by atoms with E-state index in [4.69, 9.17) is 5.73 Å². The van der Waals surface area contributed by atoms with E-state index in [0.717, 1.165) is 0 Å². The number of nitrogens with two attached hydrogens (primary N) is 1. The van der Waals surface area contributed by atoms with Gasteiger partial charge in [0, 0.05) is 13.1 Å². The highest BCUT2D eigenvalue weighted by Gasteiger charge is 2.22. The highest BCUT2D eigenvalue weighted by atomic mass is 16.2. The minimum absolute atomic E-state index is 0.0147. The highest BCUT2D eigenvalue weighted by Crippen LogP contribution is 1.98. The smallest absolute Gasteiger partial charge is 0.242 e. The first-order valence-electron chi connectivity index (χ1n) is 5.99. The predicted octanol–water partition coefficient (Wildman–Crippen LogP) is -1.96. The molecule has 18 heavy (non-hydrogen) atoms. The molecule has 0 aromatic carbocycles. The van der Waals surface area contributed by atoms with Crippen LogP contribution in [-0.2, 0) is 14.4 Å². The maximum Gasteiger partial charge on any atom is 0.242 e. The number of piperazine rings is 1. The van der Waals surface area contributed by atoms with Crippen LogP contribution in [0.1, 0.15) is 13.8 Å². The second-order valence-corrected chi connectivity index (χ2v) is 4.65. The summed E-state index contributed by atoms with van der Waals surface area (Å²) in [5.41, 5.74) is 5.65. The van der Waals surface area contributed by atoms with Gasteiger partial charge in [-0.05, 0) is 5.92 Å². The summed E-state index contributed by atoms with van der Waals surface area (Å²) in [7, 11) is 0. The van der Waals surface area contributed by atoms with Gasteiger partial charge >= 0.3 is 0 Å². The van der Waals surface area contributed by atoms with Crippen molar-refractivity contribution >= 4 is 17.7 Å². The van der Waals surface area contributed by atoms with E-state index in [1.165, 1.54) is 4.90 Å². The molecule has 1 aliphatic rings. The number of hydrogen-bond donors (Lipinski definition) is 3. The highest BCUT2D eigenvalue weighted by molar-refractivity contribution is 5.90. The third-order valence-corrected chi connectivity index (χ3v) is 2.83. The largest absolute Gasteiger partial charge is 0.353 e. The van der Waals surface area contributed by atoms with Gasteiger partial charge in [-0.25, -0.2) is 0 Å². The van der Waals surface area contributed by atoms with Crippen molar-refractivity contribution in [3.63, 3.8) is 0 Å². The van der Waals surface area contributed by atoms with Gasteiger partial charge in [0.1, 0.15) is 0 Å². The number of carbonyl (C=O) groups is 3. The number of rotatable bonds is 4. The molecule has 1 saturated heterocycles. The Kier molecular flexibility index (Phi) is 5.08. The fourth-order valence-electron chi connectivity index (χ4n) is 1.55. The average Bonchev–Trinajstić information content (AvgIpc) is 2.34. The molecular weight excluding hydrogens is 236 g/mol. The molecule has 4 N–H and O–H groups in total. The van der Waals surface area contributed by atoms with E-state index in [1.54, 1.807) is 0 Å². The van der Waals surface area contributed by atoms with Crippen LogP contribution >= 0.6 is 0 Å². The van der Waals surface area contributed by atoms with Gasteiger partial charge in [-0.15, -0.1) is 0 Å². The van der Waals surface area contributed by atoms with E-state index in [2.05, 4.69) is 10.6 Å². The Labute approximate surface area is 106 Å². The molecule has 1 atom stereocenters. The number of carbonyl (C=O) groups excluding carboxylic acids is 3. The van der Waals surface area contributed by atoms with Gasteiger partial charge in [0.15, 0.2) is 0 Å². The molecule has 7 nitrogen and oxygen atoms in total. The van der Waals surface area contributed by atoms with Crippen molar-refractivity contribution in [2.45, 2.75) is 19.9 Å². The fraction of sp³-hybridized carbons (Fsp3) is 0.727. The summed E-state index contributed by atoms with van der Waals surface area (Å²) in [4.78, 5) is 35.8. The minimum atomic E-state index is -0.623. The quantitative estimate of drug-likeness (QED) is 0.543. The van der Waals surface area contributed by atoms with Crippen LogP contribution in [0.15, 0.2) is 0 Å². The van der Waals surface area contributed by atoms with Crippen LogP contribution in [0.5, 0.6) is 0 Å². The summed E-state index contributed by atoms with van der Waals surface area (Å²) in [6.07, 6.45) is 0. The van der Waals surface area contributed by atoms with Gasteiger partial charge in [-0.2, -0.15) is 0 Å². The summed E-state index contributed by atoms with van der Waals surface area (Å²) in [6.45, 7) is 4.51. The molecule has 1 fully saturated rings. The molecule has 0 bridgehead atoms. The first-order chi connectivity index (χ1) is 8.41. The van der Waals surface area contributed by atoms with E-state index < -0.39 is 6.04 Å². The van der Waals surface area contributed by atoms with Crippen LogP contribution in [0.25, 0.3) is 0 Å². The van der Waals surface area contributed by atoms with Crippen LogP contribution in [0, 0.1) is 5.92 Å². The Balaban J connectivity index is 2.36. The SMILES string of the molecule is CC(C)[C@H](N)C(=O)NCC(=O)N1CCNC(=O)C1. The van der Waals surface area contributed by atoms with Crippen molar-refractivity contribution in [2.24, 2.45) is 11.7 Å². The van der Waals surface area contributed by atoms with Crippen LogP contribution in [0.4, 0.5) is 0 Å². The monoisotopic (exact) mass is 256 g/mol. The van der Waals surface area contributed by atoms with E-state index in [1.807, 2.05) is 13.8 Å². The molecule has 1 rings (SSSR count). The average molecular weight is 256 g/mol. The van der Waals surface area contributed by atoms with E-state index >= 15 is 0 Å². The minimum Gasteiger partial charge on any atom is -0.353 e. The summed E-state index contributed by atoms with van der Waals surface area (Å²) >= 11 is 0. The molecule has 102 valence electrons. The third-order valence-electron chi connectivity index (χ3n) is 2.83. The second kappa shape index (κ2) is 6.34. The van der Waals surface area contributed by atoms with Crippen molar-refractivity contribution in [3.05, 3.63) is 0 Å². The molecule has 1 aliphatic heterocycles.